The van der Waals surface area contributed by atoms with Crippen molar-refractivity contribution in [2.75, 3.05) is 5.75 Å². The van der Waals surface area contributed by atoms with Gasteiger partial charge in [0.2, 0.25) is 0 Å². The first kappa shape index (κ1) is 23.3. The summed E-state index contributed by atoms with van der Waals surface area (Å²) in [4.78, 5) is 30.2. The van der Waals surface area contributed by atoms with E-state index >= 15 is 0 Å². The van der Waals surface area contributed by atoms with E-state index in [9.17, 15) is 9.59 Å². The average Bonchev–Trinajstić information content (AvgIpc) is 2.81. The molecule has 0 unspecified atom stereocenters. The van der Waals surface area contributed by atoms with Crippen molar-refractivity contribution in [1.29, 1.82) is 0 Å². The average molecular weight is 518 g/mol. The van der Waals surface area contributed by atoms with E-state index in [1.807, 2.05) is 0 Å². The number of para-hydroxylation sites is 1. The number of amides is 1. The van der Waals surface area contributed by atoms with Gasteiger partial charge in [-0.25, -0.2) is 10.4 Å². The van der Waals surface area contributed by atoms with Crippen molar-refractivity contribution in [2.24, 2.45) is 5.10 Å². The SMILES string of the molecule is O=C(CSc1nc2ccccc2c(=O)n1-c1ccc(Cl)cc1)NN=Cc1cccc(Cl)c1Cl. The highest BCUT2D eigenvalue weighted by molar-refractivity contribution is 7.99. The fraction of sp³-hybridized carbons (Fsp3) is 0.0435. The van der Waals surface area contributed by atoms with E-state index in [4.69, 9.17) is 34.8 Å². The Morgan fingerprint density at radius 2 is 1.79 bits per heavy atom. The highest BCUT2D eigenvalue weighted by atomic mass is 35.5. The molecule has 0 atom stereocenters. The van der Waals surface area contributed by atoms with Gasteiger partial charge in [0.15, 0.2) is 5.16 Å². The second-order valence-electron chi connectivity index (χ2n) is 6.75. The van der Waals surface area contributed by atoms with Crippen LogP contribution in [0.4, 0.5) is 0 Å². The van der Waals surface area contributed by atoms with Gasteiger partial charge >= 0.3 is 0 Å². The Kier molecular flexibility index (Phi) is 7.35. The van der Waals surface area contributed by atoms with Crippen molar-refractivity contribution < 1.29 is 4.79 Å². The molecule has 0 aliphatic rings. The largest absolute Gasteiger partial charge is 0.272 e. The molecule has 3 aromatic carbocycles. The van der Waals surface area contributed by atoms with Crippen LogP contribution in [-0.2, 0) is 4.79 Å². The predicted molar refractivity (Wildman–Crippen MR) is 135 cm³/mol. The van der Waals surface area contributed by atoms with Crippen molar-refractivity contribution in [2.45, 2.75) is 5.16 Å². The van der Waals surface area contributed by atoms with Gasteiger partial charge in [-0.3, -0.25) is 14.2 Å². The van der Waals surface area contributed by atoms with Gasteiger partial charge in [0.05, 0.1) is 38.6 Å². The summed E-state index contributed by atoms with van der Waals surface area (Å²) in [6.45, 7) is 0. The van der Waals surface area contributed by atoms with Crippen LogP contribution in [0, 0.1) is 0 Å². The van der Waals surface area contributed by atoms with Gasteiger partial charge in [-0.1, -0.05) is 70.8 Å². The Morgan fingerprint density at radius 3 is 2.58 bits per heavy atom. The van der Waals surface area contributed by atoms with Gasteiger partial charge in [-0.2, -0.15) is 5.10 Å². The number of fused-ring (bicyclic) bond motifs is 1. The molecule has 0 aliphatic carbocycles. The number of thioether (sulfide) groups is 1. The first-order valence-corrected chi connectivity index (χ1v) is 11.7. The molecule has 33 heavy (non-hydrogen) atoms. The van der Waals surface area contributed by atoms with Gasteiger partial charge in [0.25, 0.3) is 11.5 Å². The lowest BCUT2D eigenvalue weighted by Crippen LogP contribution is -2.24. The molecule has 1 N–H and O–H groups in total. The molecule has 1 aromatic heterocycles. The van der Waals surface area contributed by atoms with Crippen LogP contribution in [0.25, 0.3) is 16.6 Å². The van der Waals surface area contributed by atoms with Gasteiger partial charge in [-0.05, 0) is 42.5 Å². The first-order chi connectivity index (χ1) is 15.9. The molecule has 6 nitrogen and oxygen atoms in total. The van der Waals surface area contributed by atoms with E-state index < -0.39 is 0 Å². The normalized spacial score (nSPS) is 11.2. The highest BCUT2D eigenvalue weighted by Gasteiger charge is 2.14. The number of nitrogens with one attached hydrogen (secondary N) is 1. The number of benzene rings is 3. The Balaban J connectivity index is 1.56. The topological polar surface area (TPSA) is 76.3 Å². The van der Waals surface area contributed by atoms with Crippen LogP contribution in [0.2, 0.25) is 15.1 Å². The summed E-state index contributed by atoms with van der Waals surface area (Å²) in [6.07, 6.45) is 1.41. The molecule has 0 fully saturated rings. The number of hydrogen-bond donors (Lipinski definition) is 1. The summed E-state index contributed by atoms with van der Waals surface area (Å²) < 4.78 is 1.46. The second-order valence-corrected chi connectivity index (χ2v) is 8.92. The Bertz CT molecular complexity index is 1420. The molecule has 4 rings (SSSR count). The smallest absolute Gasteiger partial charge is 0.266 e. The minimum Gasteiger partial charge on any atom is -0.272 e. The van der Waals surface area contributed by atoms with Crippen LogP contribution in [0.3, 0.4) is 0 Å². The number of halogens is 3. The van der Waals surface area contributed by atoms with Gasteiger partial charge in [0, 0.05) is 10.6 Å². The Hall–Kier alpha value is -2.84. The number of hydrogen-bond acceptors (Lipinski definition) is 5. The quantitative estimate of drug-likeness (QED) is 0.157. The van der Waals surface area contributed by atoms with Gasteiger partial charge < -0.3 is 0 Å². The summed E-state index contributed by atoms with van der Waals surface area (Å²) in [5.41, 5.74) is 3.92. The standard InChI is InChI=1S/C23H15Cl3N4O2S/c24-15-8-10-16(11-9-15)30-22(32)17-5-1-2-7-19(17)28-23(30)33-13-20(31)29-27-12-14-4-3-6-18(25)21(14)26/h1-12H,13H2,(H,29,31). The van der Waals surface area contributed by atoms with Gasteiger partial charge in [-0.15, -0.1) is 0 Å². The summed E-state index contributed by atoms with van der Waals surface area (Å²) >= 11 is 19.2. The molecule has 1 heterocycles. The monoisotopic (exact) mass is 516 g/mol. The third kappa shape index (κ3) is 5.39. The molecule has 0 spiro atoms. The maximum absolute atomic E-state index is 13.2. The van der Waals surface area contributed by atoms with E-state index in [0.29, 0.717) is 42.4 Å². The Morgan fingerprint density at radius 1 is 1.03 bits per heavy atom. The molecule has 0 saturated heterocycles. The van der Waals surface area contributed by atoms with E-state index in [0.717, 1.165) is 11.8 Å². The van der Waals surface area contributed by atoms with Crippen LogP contribution in [0.5, 0.6) is 0 Å². The fourth-order valence-electron chi connectivity index (χ4n) is 2.98. The number of carbonyl (C=O) groups excluding carboxylic acids is 1. The highest BCUT2D eigenvalue weighted by Crippen LogP contribution is 2.24. The molecule has 1 amide bonds. The van der Waals surface area contributed by atoms with E-state index in [2.05, 4.69) is 15.5 Å². The van der Waals surface area contributed by atoms with Crippen molar-refractivity contribution in [3.05, 3.63) is 97.7 Å². The van der Waals surface area contributed by atoms with Crippen LogP contribution in [0.15, 0.2) is 81.8 Å². The van der Waals surface area contributed by atoms with Crippen LogP contribution < -0.4 is 11.0 Å². The van der Waals surface area contributed by atoms with Crippen LogP contribution >= 0.6 is 46.6 Å². The third-order valence-electron chi connectivity index (χ3n) is 4.54. The summed E-state index contributed by atoms with van der Waals surface area (Å²) in [5.74, 6) is -0.390. The molecule has 0 aliphatic heterocycles. The predicted octanol–water partition coefficient (Wildman–Crippen LogP) is 5.59. The Labute approximate surface area is 208 Å². The maximum atomic E-state index is 13.2. The molecular weight excluding hydrogens is 503 g/mol. The summed E-state index contributed by atoms with van der Waals surface area (Å²) in [5, 5.41) is 6.07. The van der Waals surface area contributed by atoms with E-state index in [1.165, 1.54) is 10.8 Å². The molecule has 10 heteroatoms. The summed E-state index contributed by atoms with van der Waals surface area (Å²) in [7, 11) is 0. The van der Waals surface area contributed by atoms with Crippen LogP contribution in [0.1, 0.15) is 5.56 Å². The van der Waals surface area contributed by atoms with Crippen molar-refractivity contribution >= 4 is 69.6 Å². The fourth-order valence-corrected chi connectivity index (χ4v) is 4.27. The van der Waals surface area contributed by atoms with Crippen molar-refractivity contribution in [3.63, 3.8) is 0 Å². The molecule has 166 valence electrons. The minimum atomic E-state index is -0.375. The number of aromatic nitrogens is 2. The zero-order valence-corrected chi connectivity index (χ0v) is 19.9. The van der Waals surface area contributed by atoms with Crippen LogP contribution in [-0.4, -0.2) is 27.4 Å². The molecule has 0 saturated carbocycles. The number of nitrogens with zero attached hydrogens (tertiary/aromatic N) is 3. The number of hydrazone groups is 1. The number of rotatable bonds is 6. The molecule has 0 radical (unpaired) electrons. The summed E-state index contributed by atoms with van der Waals surface area (Å²) in [6, 6.07) is 19.0. The lowest BCUT2D eigenvalue weighted by atomic mass is 10.2. The first-order valence-electron chi connectivity index (χ1n) is 9.60. The lowest BCUT2D eigenvalue weighted by molar-refractivity contribution is -0.118. The molecular formula is C23H15Cl3N4O2S. The molecule has 4 aromatic rings. The third-order valence-corrected chi connectivity index (χ3v) is 6.56. The lowest BCUT2D eigenvalue weighted by Gasteiger charge is -2.13. The van der Waals surface area contributed by atoms with E-state index in [-0.39, 0.29) is 17.2 Å². The minimum absolute atomic E-state index is 0.0149. The second kappa shape index (κ2) is 10.4. The van der Waals surface area contributed by atoms with E-state index in [1.54, 1.807) is 66.7 Å². The zero-order chi connectivity index (χ0) is 23.4. The maximum Gasteiger partial charge on any atom is 0.266 e. The zero-order valence-electron chi connectivity index (χ0n) is 16.8. The molecule has 0 bridgehead atoms. The van der Waals surface area contributed by atoms with Gasteiger partial charge in [0.1, 0.15) is 0 Å². The number of carbonyl (C=O) groups is 1. The van der Waals surface area contributed by atoms with Crippen molar-refractivity contribution in [3.8, 4) is 5.69 Å². The van der Waals surface area contributed by atoms with Crippen molar-refractivity contribution in [1.82, 2.24) is 15.0 Å².